The fourth-order valence-corrected chi connectivity index (χ4v) is 4.74. The number of para-hydroxylation sites is 1. The number of piperazine rings is 1. The summed E-state index contributed by atoms with van der Waals surface area (Å²) in [6, 6.07) is 18.0. The summed E-state index contributed by atoms with van der Waals surface area (Å²) in [4.78, 5) is 22.9. The summed E-state index contributed by atoms with van der Waals surface area (Å²) in [6.07, 6.45) is 0. The van der Waals surface area contributed by atoms with E-state index >= 15 is 0 Å². The Balaban J connectivity index is 1.47. The van der Waals surface area contributed by atoms with Crippen molar-refractivity contribution >= 4 is 28.8 Å². The molecule has 0 saturated carbocycles. The summed E-state index contributed by atoms with van der Waals surface area (Å²) < 4.78 is 6.24. The Labute approximate surface area is 180 Å². The average molecular weight is 418 g/mol. The molecule has 3 aromatic rings. The summed E-state index contributed by atoms with van der Waals surface area (Å²) in [6.45, 7) is 6.28. The van der Waals surface area contributed by atoms with E-state index in [9.17, 15) is 4.79 Å². The van der Waals surface area contributed by atoms with Gasteiger partial charge in [0.1, 0.15) is 17.3 Å². The molecule has 152 valence electrons. The lowest BCUT2D eigenvalue weighted by Gasteiger charge is -2.41. The molecule has 0 N–H and O–H groups in total. The fourth-order valence-electron chi connectivity index (χ4n) is 4.06. The highest BCUT2D eigenvalue weighted by atomic mass is 32.1. The van der Waals surface area contributed by atoms with Crippen LogP contribution in [0.4, 0.5) is 5.69 Å². The van der Waals surface area contributed by atoms with Crippen molar-refractivity contribution in [1.82, 2.24) is 9.80 Å². The minimum atomic E-state index is 0.0878. The van der Waals surface area contributed by atoms with Crippen LogP contribution in [0, 0.1) is 6.92 Å². The minimum absolute atomic E-state index is 0.0878. The van der Waals surface area contributed by atoms with Crippen LogP contribution in [0.2, 0.25) is 0 Å². The Morgan fingerprint density at radius 3 is 2.77 bits per heavy atom. The normalized spacial score (nSPS) is 18.1. The highest BCUT2D eigenvalue weighted by molar-refractivity contribution is 7.12. The molecule has 2 aliphatic heterocycles. The van der Waals surface area contributed by atoms with Crippen LogP contribution in [0.15, 0.2) is 65.0 Å². The van der Waals surface area contributed by atoms with E-state index in [-0.39, 0.29) is 11.9 Å². The van der Waals surface area contributed by atoms with E-state index in [4.69, 9.17) is 9.73 Å². The van der Waals surface area contributed by atoms with Crippen LogP contribution in [-0.2, 0) is 0 Å². The molecule has 0 bridgehead atoms. The Morgan fingerprint density at radius 1 is 1.10 bits per heavy atom. The molecule has 0 radical (unpaired) electrons. The van der Waals surface area contributed by atoms with Gasteiger partial charge in [0.2, 0.25) is 0 Å². The second-order valence-electron chi connectivity index (χ2n) is 7.78. The summed E-state index contributed by atoms with van der Waals surface area (Å²) in [5.74, 6) is 2.61. The van der Waals surface area contributed by atoms with Crippen LogP contribution in [0.5, 0.6) is 11.5 Å². The predicted octanol–water partition coefficient (Wildman–Crippen LogP) is 5.09. The largest absolute Gasteiger partial charge is 0.454 e. The van der Waals surface area contributed by atoms with Gasteiger partial charge in [-0.1, -0.05) is 24.3 Å². The maximum Gasteiger partial charge on any atom is 0.264 e. The number of amidine groups is 1. The van der Waals surface area contributed by atoms with Crippen molar-refractivity contribution in [3.63, 3.8) is 0 Å². The van der Waals surface area contributed by atoms with Crippen molar-refractivity contribution in [2.45, 2.75) is 19.9 Å². The van der Waals surface area contributed by atoms with E-state index in [2.05, 4.69) is 30.9 Å². The molecule has 1 unspecified atom stereocenters. The Morgan fingerprint density at radius 2 is 1.97 bits per heavy atom. The van der Waals surface area contributed by atoms with Crippen molar-refractivity contribution in [2.75, 3.05) is 19.6 Å². The number of aliphatic imine (C=N–C) groups is 1. The summed E-state index contributed by atoms with van der Waals surface area (Å²) in [5, 5.41) is 1.95. The van der Waals surface area contributed by atoms with Gasteiger partial charge in [0.25, 0.3) is 5.91 Å². The maximum atomic E-state index is 12.9. The van der Waals surface area contributed by atoms with Crippen LogP contribution in [0.25, 0.3) is 0 Å². The zero-order valence-corrected chi connectivity index (χ0v) is 17.9. The van der Waals surface area contributed by atoms with Gasteiger partial charge in [-0.15, -0.1) is 11.3 Å². The van der Waals surface area contributed by atoms with Gasteiger partial charge in [-0.05, 0) is 55.1 Å². The summed E-state index contributed by atoms with van der Waals surface area (Å²) in [7, 11) is 0. The van der Waals surface area contributed by atoms with Gasteiger partial charge in [-0.25, -0.2) is 4.99 Å². The van der Waals surface area contributed by atoms with Crippen molar-refractivity contribution in [3.05, 3.63) is 76.0 Å². The first-order valence-electron chi connectivity index (χ1n) is 10.2. The first kappa shape index (κ1) is 18.9. The SMILES string of the molecule is Cc1ccc2c(c1)Oc1ccccc1C(N1CCN(C(=O)c3cccs3)C(C)C1)=N2. The van der Waals surface area contributed by atoms with Gasteiger partial charge in [0.15, 0.2) is 5.75 Å². The number of nitrogens with zero attached hydrogens (tertiary/aromatic N) is 3. The highest BCUT2D eigenvalue weighted by Crippen LogP contribution is 2.39. The molecule has 0 spiro atoms. The summed E-state index contributed by atoms with van der Waals surface area (Å²) in [5.41, 5.74) is 2.95. The molecule has 30 heavy (non-hydrogen) atoms. The zero-order valence-electron chi connectivity index (χ0n) is 17.0. The van der Waals surface area contributed by atoms with Crippen LogP contribution in [-0.4, -0.2) is 47.2 Å². The zero-order chi connectivity index (χ0) is 20.7. The Hall–Kier alpha value is -3.12. The topological polar surface area (TPSA) is 45.1 Å². The number of fused-ring (bicyclic) bond motifs is 2. The number of carbonyl (C=O) groups is 1. The monoisotopic (exact) mass is 417 g/mol. The molecule has 1 saturated heterocycles. The van der Waals surface area contributed by atoms with E-state index in [0.29, 0.717) is 6.54 Å². The van der Waals surface area contributed by atoms with Crippen LogP contribution in [0.1, 0.15) is 27.7 Å². The molecule has 5 rings (SSSR count). The standard InChI is InChI=1S/C24H23N3O2S/c1-16-9-10-19-21(14-16)29-20-7-4-3-6-18(20)23(25-19)26-11-12-27(17(2)15-26)24(28)22-8-5-13-30-22/h3-10,13-14,17H,11-12,15H2,1-2H3. The second kappa shape index (κ2) is 7.61. The molecule has 6 heteroatoms. The number of thiophene rings is 1. The van der Waals surface area contributed by atoms with Crippen molar-refractivity contribution in [1.29, 1.82) is 0 Å². The third-order valence-electron chi connectivity index (χ3n) is 5.61. The second-order valence-corrected chi connectivity index (χ2v) is 8.72. The number of carbonyl (C=O) groups excluding carboxylic acids is 1. The molecule has 2 aliphatic rings. The number of ether oxygens (including phenoxy) is 1. The minimum Gasteiger partial charge on any atom is -0.454 e. The fraction of sp³-hybridized carbons (Fsp3) is 0.250. The maximum absolute atomic E-state index is 12.9. The number of rotatable bonds is 1. The number of amides is 1. The Kier molecular flexibility index (Phi) is 4.79. The lowest BCUT2D eigenvalue weighted by molar-refractivity contribution is 0.0586. The number of hydrogen-bond acceptors (Lipinski definition) is 5. The lowest BCUT2D eigenvalue weighted by Crippen LogP contribution is -2.55. The Bertz CT molecular complexity index is 1120. The molecule has 1 fully saturated rings. The van der Waals surface area contributed by atoms with Gasteiger partial charge >= 0.3 is 0 Å². The molecule has 1 aromatic heterocycles. The van der Waals surface area contributed by atoms with E-state index in [1.54, 1.807) is 0 Å². The third-order valence-corrected chi connectivity index (χ3v) is 6.47. The van der Waals surface area contributed by atoms with Gasteiger partial charge in [0.05, 0.1) is 10.4 Å². The first-order chi connectivity index (χ1) is 14.6. The molecular formula is C24H23N3O2S. The first-order valence-corrected chi connectivity index (χ1v) is 11.0. The van der Waals surface area contributed by atoms with E-state index in [0.717, 1.165) is 52.1 Å². The summed E-state index contributed by atoms with van der Waals surface area (Å²) >= 11 is 1.50. The van der Waals surface area contributed by atoms with Crippen LogP contribution < -0.4 is 4.74 Å². The van der Waals surface area contributed by atoms with Crippen molar-refractivity contribution in [2.24, 2.45) is 4.99 Å². The average Bonchev–Trinajstić information content (AvgIpc) is 3.23. The van der Waals surface area contributed by atoms with Gasteiger partial charge < -0.3 is 14.5 Å². The lowest BCUT2D eigenvalue weighted by atomic mass is 10.1. The van der Waals surface area contributed by atoms with Gasteiger partial charge in [-0.2, -0.15) is 0 Å². The number of aryl methyl sites for hydroxylation is 1. The van der Waals surface area contributed by atoms with Gasteiger partial charge in [-0.3, -0.25) is 4.79 Å². The third kappa shape index (κ3) is 3.37. The van der Waals surface area contributed by atoms with E-state index in [1.165, 1.54) is 11.3 Å². The number of benzene rings is 2. The van der Waals surface area contributed by atoms with Crippen molar-refractivity contribution in [3.8, 4) is 11.5 Å². The van der Waals surface area contributed by atoms with Crippen LogP contribution >= 0.6 is 11.3 Å². The van der Waals surface area contributed by atoms with Gasteiger partial charge in [0, 0.05) is 25.7 Å². The highest BCUT2D eigenvalue weighted by Gasteiger charge is 2.32. The number of hydrogen-bond donors (Lipinski definition) is 0. The molecule has 5 nitrogen and oxygen atoms in total. The van der Waals surface area contributed by atoms with Crippen molar-refractivity contribution < 1.29 is 9.53 Å². The quantitative estimate of drug-likeness (QED) is 0.554. The molecule has 0 aliphatic carbocycles. The predicted molar refractivity (Wildman–Crippen MR) is 120 cm³/mol. The molecule has 1 atom stereocenters. The molecule has 1 amide bonds. The molecular weight excluding hydrogens is 394 g/mol. The van der Waals surface area contributed by atoms with E-state index < -0.39 is 0 Å². The van der Waals surface area contributed by atoms with Crippen LogP contribution in [0.3, 0.4) is 0 Å². The smallest absolute Gasteiger partial charge is 0.264 e. The molecule has 2 aromatic carbocycles. The molecule has 3 heterocycles. The van der Waals surface area contributed by atoms with E-state index in [1.807, 2.05) is 52.7 Å².